The van der Waals surface area contributed by atoms with Crippen LogP contribution >= 0.6 is 15.9 Å². The molecule has 1 fully saturated rings. The Labute approximate surface area is 144 Å². The quantitative estimate of drug-likeness (QED) is 0.745. The van der Waals surface area contributed by atoms with Gasteiger partial charge in [-0.2, -0.15) is 0 Å². The van der Waals surface area contributed by atoms with Gasteiger partial charge in [0.1, 0.15) is 15.9 Å². The van der Waals surface area contributed by atoms with Crippen molar-refractivity contribution < 1.29 is 9.53 Å². The molecule has 1 saturated heterocycles. The Kier molecular flexibility index (Phi) is 4.36. The maximum Gasteiger partial charge on any atom is 0.410 e. The molecule has 0 saturated carbocycles. The fraction of sp³-hybridized carbons (Fsp3) is 0.529. The molecule has 0 atom stereocenters. The number of hydrogen-bond donors (Lipinski definition) is 1. The molecule has 3 rings (SSSR count). The third-order valence-electron chi connectivity index (χ3n) is 4.12. The number of H-pyrrole nitrogens is 1. The molecule has 3 heterocycles. The van der Waals surface area contributed by atoms with Crippen molar-refractivity contribution in [3.05, 3.63) is 28.5 Å². The van der Waals surface area contributed by atoms with Crippen molar-refractivity contribution >= 4 is 33.1 Å². The van der Waals surface area contributed by atoms with E-state index >= 15 is 0 Å². The van der Waals surface area contributed by atoms with Gasteiger partial charge in [0.25, 0.3) is 0 Å². The minimum Gasteiger partial charge on any atom is -0.444 e. The molecule has 0 spiro atoms. The Bertz CT molecular complexity index is 712. The summed E-state index contributed by atoms with van der Waals surface area (Å²) < 4.78 is 6.28. The summed E-state index contributed by atoms with van der Waals surface area (Å²) in [5, 5.41) is 1.17. The highest BCUT2D eigenvalue weighted by Gasteiger charge is 2.28. The van der Waals surface area contributed by atoms with Crippen LogP contribution in [-0.2, 0) is 4.74 Å². The van der Waals surface area contributed by atoms with E-state index in [1.165, 1.54) is 10.9 Å². The number of fused-ring (bicyclic) bond motifs is 1. The van der Waals surface area contributed by atoms with Gasteiger partial charge in [0.05, 0.1) is 0 Å². The number of rotatable bonds is 1. The van der Waals surface area contributed by atoms with E-state index in [0.29, 0.717) is 5.92 Å². The molecule has 2 aromatic rings. The van der Waals surface area contributed by atoms with Crippen LogP contribution in [0.4, 0.5) is 4.79 Å². The van der Waals surface area contributed by atoms with E-state index in [-0.39, 0.29) is 6.09 Å². The van der Waals surface area contributed by atoms with E-state index < -0.39 is 5.60 Å². The molecular weight excluding hydrogens is 358 g/mol. The highest BCUT2D eigenvalue weighted by atomic mass is 79.9. The average Bonchev–Trinajstić information content (AvgIpc) is 2.88. The Morgan fingerprint density at radius 3 is 2.70 bits per heavy atom. The van der Waals surface area contributed by atoms with Gasteiger partial charge in [-0.3, -0.25) is 0 Å². The monoisotopic (exact) mass is 379 g/mol. The van der Waals surface area contributed by atoms with Gasteiger partial charge in [-0.1, -0.05) is 0 Å². The second-order valence-corrected chi connectivity index (χ2v) is 7.83. The van der Waals surface area contributed by atoms with Crippen molar-refractivity contribution in [2.24, 2.45) is 0 Å². The number of nitrogens with one attached hydrogen (secondary N) is 1. The third-order valence-corrected chi connectivity index (χ3v) is 4.56. The predicted molar refractivity (Wildman–Crippen MR) is 93.6 cm³/mol. The summed E-state index contributed by atoms with van der Waals surface area (Å²) in [6, 6.07) is 4.06. The van der Waals surface area contributed by atoms with E-state index in [1.54, 1.807) is 0 Å². The van der Waals surface area contributed by atoms with E-state index in [2.05, 4.69) is 38.2 Å². The zero-order chi connectivity index (χ0) is 16.6. The van der Waals surface area contributed by atoms with E-state index in [0.717, 1.165) is 36.2 Å². The summed E-state index contributed by atoms with van der Waals surface area (Å²) in [7, 11) is 0. The fourth-order valence-electron chi connectivity index (χ4n) is 3.04. The first-order valence-corrected chi connectivity index (χ1v) is 8.74. The fourth-order valence-corrected chi connectivity index (χ4v) is 3.35. The van der Waals surface area contributed by atoms with Gasteiger partial charge in [-0.15, -0.1) is 0 Å². The normalized spacial score (nSPS) is 16.8. The van der Waals surface area contributed by atoms with E-state index in [9.17, 15) is 4.79 Å². The van der Waals surface area contributed by atoms with Gasteiger partial charge in [-0.25, -0.2) is 9.78 Å². The summed E-state index contributed by atoms with van der Waals surface area (Å²) in [5.74, 6) is 0.449. The second kappa shape index (κ2) is 6.15. The summed E-state index contributed by atoms with van der Waals surface area (Å²) >= 11 is 3.40. The van der Waals surface area contributed by atoms with Crippen LogP contribution in [0.1, 0.15) is 45.1 Å². The minimum absolute atomic E-state index is 0.208. The Morgan fingerprint density at radius 1 is 1.35 bits per heavy atom. The van der Waals surface area contributed by atoms with Crippen LogP contribution in [0.15, 0.2) is 22.9 Å². The van der Waals surface area contributed by atoms with E-state index in [4.69, 9.17) is 4.74 Å². The summed E-state index contributed by atoms with van der Waals surface area (Å²) in [5.41, 5.74) is 1.76. The molecule has 1 aliphatic heterocycles. The molecule has 2 aromatic heterocycles. The maximum absolute atomic E-state index is 12.1. The van der Waals surface area contributed by atoms with Crippen molar-refractivity contribution in [2.75, 3.05) is 13.1 Å². The van der Waals surface area contributed by atoms with Gasteiger partial charge in [0.2, 0.25) is 0 Å². The number of halogens is 1. The lowest BCUT2D eigenvalue weighted by Gasteiger charge is -2.33. The van der Waals surface area contributed by atoms with Crippen LogP contribution in [0.5, 0.6) is 0 Å². The van der Waals surface area contributed by atoms with Crippen molar-refractivity contribution in [2.45, 2.75) is 45.1 Å². The number of ether oxygens (including phenoxy) is 1. The van der Waals surface area contributed by atoms with Crippen LogP contribution in [0.25, 0.3) is 11.0 Å². The van der Waals surface area contributed by atoms with Crippen molar-refractivity contribution in [3.63, 3.8) is 0 Å². The first-order valence-electron chi connectivity index (χ1n) is 7.95. The number of piperidine rings is 1. The first kappa shape index (κ1) is 16.3. The molecular formula is C17H22BrN3O2. The zero-order valence-corrected chi connectivity index (χ0v) is 15.3. The number of likely N-dealkylation sites (tertiary alicyclic amines) is 1. The highest BCUT2D eigenvalue weighted by Crippen LogP contribution is 2.33. The topological polar surface area (TPSA) is 58.2 Å². The number of carbonyl (C=O) groups excluding carboxylic acids is 1. The molecule has 0 bridgehead atoms. The predicted octanol–water partition coefficient (Wildman–Crippen LogP) is 4.44. The molecule has 1 amide bonds. The van der Waals surface area contributed by atoms with Crippen LogP contribution in [0.2, 0.25) is 0 Å². The number of pyridine rings is 1. The van der Waals surface area contributed by atoms with Crippen molar-refractivity contribution in [1.29, 1.82) is 0 Å². The van der Waals surface area contributed by atoms with Crippen LogP contribution in [0, 0.1) is 0 Å². The smallest absolute Gasteiger partial charge is 0.410 e. The Balaban J connectivity index is 1.67. The molecule has 0 unspecified atom stereocenters. The molecule has 0 aliphatic carbocycles. The van der Waals surface area contributed by atoms with Crippen molar-refractivity contribution in [1.82, 2.24) is 14.9 Å². The van der Waals surface area contributed by atoms with Crippen LogP contribution < -0.4 is 0 Å². The number of carbonyl (C=O) groups is 1. The summed E-state index contributed by atoms with van der Waals surface area (Å²) in [4.78, 5) is 21.6. The first-order chi connectivity index (χ1) is 10.8. The number of amides is 1. The molecule has 124 valence electrons. The van der Waals surface area contributed by atoms with Gasteiger partial charge >= 0.3 is 6.09 Å². The number of nitrogens with zero attached hydrogens (tertiary/aromatic N) is 2. The summed E-state index contributed by atoms with van der Waals surface area (Å²) in [6.45, 7) is 7.16. The summed E-state index contributed by atoms with van der Waals surface area (Å²) in [6.07, 6.45) is 3.74. The van der Waals surface area contributed by atoms with Gasteiger partial charge in [-0.05, 0) is 73.2 Å². The zero-order valence-electron chi connectivity index (χ0n) is 13.7. The number of aromatic nitrogens is 2. The Morgan fingerprint density at radius 2 is 2.04 bits per heavy atom. The second-order valence-electron chi connectivity index (χ2n) is 7.02. The molecule has 5 nitrogen and oxygen atoms in total. The lowest BCUT2D eigenvalue weighted by atomic mass is 9.90. The standard InChI is InChI=1S/C17H22BrN3O2/c1-17(2,3)23-16(22)21-8-6-11(7-9-21)13-10-19-15-12(13)4-5-14(18)20-15/h4-5,10-11H,6-9H2,1-3H3,(H,19,20). The molecule has 0 radical (unpaired) electrons. The maximum atomic E-state index is 12.1. The van der Waals surface area contributed by atoms with Crippen LogP contribution in [-0.4, -0.2) is 39.7 Å². The average molecular weight is 380 g/mol. The highest BCUT2D eigenvalue weighted by molar-refractivity contribution is 9.10. The molecule has 0 aromatic carbocycles. The number of hydrogen-bond acceptors (Lipinski definition) is 3. The Hall–Kier alpha value is -1.56. The lowest BCUT2D eigenvalue weighted by molar-refractivity contribution is 0.0205. The van der Waals surface area contributed by atoms with Gasteiger partial charge in [0, 0.05) is 24.7 Å². The third kappa shape index (κ3) is 3.68. The van der Waals surface area contributed by atoms with Crippen LogP contribution in [0.3, 0.4) is 0 Å². The molecule has 1 N–H and O–H groups in total. The van der Waals surface area contributed by atoms with E-state index in [1.807, 2.05) is 31.7 Å². The molecule has 6 heteroatoms. The van der Waals surface area contributed by atoms with Gasteiger partial charge in [0.15, 0.2) is 0 Å². The SMILES string of the molecule is CC(C)(C)OC(=O)N1CCC(c2c[nH]c3nc(Br)ccc23)CC1. The van der Waals surface area contributed by atoms with Crippen molar-refractivity contribution in [3.8, 4) is 0 Å². The number of aromatic amines is 1. The lowest BCUT2D eigenvalue weighted by Crippen LogP contribution is -2.41. The largest absolute Gasteiger partial charge is 0.444 e. The minimum atomic E-state index is -0.441. The van der Waals surface area contributed by atoms with Gasteiger partial charge < -0.3 is 14.6 Å². The molecule has 1 aliphatic rings. The molecule has 23 heavy (non-hydrogen) atoms.